The number of hydrogen-bond acceptors (Lipinski definition) is 3. The number of para-hydroxylation sites is 1. The zero-order chi connectivity index (χ0) is 19.7. The number of halogens is 1. The molecule has 1 aliphatic rings. The average Bonchev–Trinajstić information content (AvgIpc) is 2.92. The first-order chi connectivity index (χ1) is 13.5. The van der Waals surface area contributed by atoms with E-state index in [-0.39, 0.29) is 12.5 Å². The van der Waals surface area contributed by atoms with E-state index >= 15 is 0 Å². The molecule has 2 N–H and O–H groups in total. The van der Waals surface area contributed by atoms with Crippen LogP contribution >= 0.6 is 15.9 Å². The zero-order valence-electron chi connectivity index (χ0n) is 14.8. The Morgan fingerprint density at radius 1 is 1.00 bits per heavy atom. The van der Waals surface area contributed by atoms with Crippen molar-refractivity contribution in [2.45, 2.75) is 5.60 Å². The van der Waals surface area contributed by atoms with Crippen molar-refractivity contribution in [2.24, 2.45) is 0 Å². The van der Waals surface area contributed by atoms with E-state index in [1.807, 2.05) is 18.2 Å². The van der Waals surface area contributed by atoms with Gasteiger partial charge in [-0.3, -0.25) is 14.5 Å². The van der Waals surface area contributed by atoms with Crippen LogP contribution in [0.4, 0.5) is 11.4 Å². The minimum absolute atomic E-state index is 0.197. The number of anilines is 2. The Labute approximate surface area is 170 Å². The summed E-state index contributed by atoms with van der Waals surface area (Å²) >= 11 is 3.36. The van der Waals surface area contributed by atoms with Gasteiger partial charge in [-0.1, -0.05) is 70.5 Å². The maximum Gasteiger partial charge on any atom is 0.268 e. The SMILES string of the molecule is O=C(CN1C(=O)C(O)(c2ccccc2)c2ccccc21)Nc1cccc(Br)c1. The van der Waals surface area contributed by atoms with Gasteiger partial charge in [-0.2, -0.15) is 0 Å². The number of aliphatic hydroxyl groups is 1. The van der Waals surface area contributed by atoms with Gasteiger partial charge in [0.15, 0.2) is 5.60 Å². The number of rotatable bonds is 4. The van der Waals surface area contributed by atoms with Crippen molar-refractivity contribution in [3.05, 3.63) is 94.5 Å². The molecule has 4 rings (SSSR count). The van der Waals surface area contributed by atoms with Crippen LogP contribution in [-0.2, 0) is 15.2 Å². The third kappa shape index (κ3) is 3.10. The van der Waals surface area contributed by atoms with Crippen molar-refractivity contribution in [1.29, 1.82) is 0 Å². The molecule has 140 valence electrons. The van der Waals surface area contributed by atoms with Crippen LogP contribution in [0.3, 0.4) is 0 Å². The van der Waals surface area contributed by atoms with Crippen LogP contribution in [-0.4, -0.2) is 23.5 Å². The zero-order valence-corrected chi connectivity index (χ0v) is 16.4. The number of hydrogen-bond donors (Lipinski definition) is 2. The molecule has 6 heteroatoms. The number of nitrogens with one attached hydrogen (secondary N) is 1. The standard InChI is InChI=1S/C22H17BrN2O3/c23-16-9-6-10-17(13-16)24-20(26)14-25-19-12-5-4-11-18(19)22(28,21(25)27)15-7-2-1-3-8-15/h1-13,28H,14H2,(H,24,26). The van der Waals surface area contributed by atoms with Gasteiger partial charge in [0, 0.05) is 15.7 Å². The van der Waals surface area contributed by atoms with Crippen LogP contribution in [0.1, 0.15) is 11.1 Å². The van der Waals surface area contributed by atoms with Gasteiger partial charge >= 0.3 is 0 Å². The van der Waals surface area contributed by atoms with Crippen molar-refractivity contribution in [2.75, 3.05) is 16.8 Å². The molecule has 3 aromatic rings. The molecule has 5 nitrogen and oxygen atoms in total. The van der Waals surface area contributed by atoms with Crippen molar-refractivity contribution in [3.8, 4) is 0 Å². The van der Waals surface area contributed by atoms with Crippen LogP contribution in [0.15, 0.2) is 83.3 Å². The quantitative estimate of drug-likeness (QED) is 0.655. The van der Waals surface area contributed by atoms with Crippen molar-refractivity contribution in [1.82, 2.24) is 0 Å². The first-order valence-corrected chi connectivity index (χ1v) is 9.54. The summed E-state index contributed by atoms with van der Waals surface area (Å²) in [7, 11) is 0. The van der Waals surface area contributed by atoms with E-state index in [1.54, 1.807) is 60.7 Å². The van der Waals surface area contributed by atoms with Crippen LogP contribution in [0.2, 0.25) is 0 Å². The Kier molecular flexibility index (Phi) is 4.75. The second kappa shape index (κ2) is 7.22. The summed E-state index contributed by atoms with van der Waals surface area (Å²) in [6.45, 7) is -0.197. The number of carbonyl (C=O) groups is 2. The van der Waals surface area contributed by atoms with Crippen LogP contribution in [0.5, 0.6) is 0 Å². The Bertz CT molecular complexity index is 1050. The lowest BCUT2D eigenvalue weighted by Gasteiger charge is -2.23. The maximum absolute atomic E-state index is 13.2. The van der Waals surface area contributed by atoms with E-state index in [0.717, 1.165) is 4.47 Å². The Hall–Kier alpha value is -2.96. The highest BCUT2D eigenvalue weighted by Crippen LogP contribution is 2.44. The number of benzene rings is 3. The van der Waals surface area contributed by atoms with Gasteiger partial charge in [-0.05, 0) is 29.8 Å². The van der Waals surface area contributed by atoms with E-state index in [1.165, 1.54) is 4.90 Å². The summed E-state index contributed by atoms with van der Waals surface area (Å²) in [5.74, 6) is -0.886. The van der Waals surface area contributed by atoms with E-state index in [9.17, 15) is 14.7 Å². The van der Waals surface area contributed by atoms with Crippen molar-refractivity contribution >= 4 is 39.1 Å². The molecular weight excluding hydrogens is 420 g/mol. The highest BCUT2D eigenvalue weighted by atomic mass is 79.9. The molecule has 1 unspecified atom stereocenters. The van der Waals surface area contributed by atoms with E-state index in [0.29, 0.717) is 22.5 Å². The summed E-state index contributed by atoms with van der Waals surface area (Å²) in [6.07, 6.45) is 0. The van der Waals surface area contributed by atoms with E-state index in [2.05, 4.69) is 21.2 Å². The summed E-state index contributed by atoms with van der Waals surface area (Å²) in [6, 6.07) is 23.0. The minimum atomic E-state index is -1.81. The molecule has 0 saturated carbocycles. The predicted octanol–water partition coefficient (Wildman–Crippen LogP) is 3.67. The number of fused-ring (bicyclic) bond motifs is 1. The molecule has 2 amide bonds. The molecule has 3 aromatic carbocycles. The first-order valence-electron chi connectivity index (χ1n) is 8.75. The van der Waals surface area contributed by atoms with Gasteiger partial charge in [0.2, 0.25) is 5.91 Å². The predicted molar refractivity (Wildman–Crippen MR) is 111 cm³/mol. The summed E-state index contributed by atoms with van der Waals surface area (Å²) in [5.41, 5.74) is 0.290. The Morgan fingerprint density at radius 3 is 2.46 bits per heavy atom. The Balaban J connectivity index is 1.65. The fourth-order valence-corrected chi connectivity index (χ4v) is 3.86. The third-order valence-corrected chi connectivity index (χ3v) is 5.23. The molecule has 0 radical (unpaired) electrons. The topological polar surface area (TPSA) is 69.6 Å². The minimum Gasteiger partial charge on any atom is -0.372 e. The molecule has 28 heavy (non-hydrogen) atoms. The van der Waals surface area contributed by atoms with Crippen LogP contribution < -0.4 is 10.2 Å². The van der Waals surface area contributed by atoms with E-state index < -0.39 is 11.5 Å². The summed E-state index contributed by atoms with van der Waals surface area (Å²) in [4.78, 5) is 27.1. The number of carbonyl (C=O) groups excluding carboxylic acids is 2. The highest BCUT2D eigenvalue weighted by Gasteiger charge is 2.51. The molecule has 0 saturated heterocycles. The average molecular weight is 437 g/mol. The van der Waals surface area contributed by atoms with Crippen LogP contribution in [0, 0.1) is 0 Å². The lowest BCUT2D eigenvalue weighted by molar-refractivity contribution is -0.133. The molecule has 0 bridgehead atoms. The molecule has 1 atom stereocenters. The first kappa shape index (κ1) is 18.4. The Morgan fingerprint density at radius 2 is 1.71 bits per heavy atom. The molecule has 0 aromatic heterocycles. The smallest absolute Gasteiger partial charge is 0.268 e. The van der Waals surface area contributed by atoms with Crippen LogP contribution in [0.25, 0.3) is 0 Å². The molecule has 0 aliphatic carbocycles. The monoisotopic (exact) mass is 436 g/mol. The van der Waals surface area contributed by atoms with Gasteiger partial charge in [0.25, 0.3) is 5.91 Å². The second-order valence-electron chi connectivity index (χ2n) is 6.54. The molecule has 0 fully saturated rings. The van der Waals surface area contributed by atoms with Gasteiger partial charge in [-0.15, -0.1) is 0 Å². The third-order valence-electron chi connectivity index (χ3n) is 4.74. The van der Waals surface area contributed by atoms with Gasteiger partial charge in [0.1, 0.15) is 6.54 Å². The number of nitrogens with zero attached hydrogens (tertiary/aromatic N) is 1. The van der Waals surface area contributed by atoms with Crippen molar-refractivity contribution < 1.29 is 14.7 Å². The number of amides is 2. The van der Waals surface area contributed by atoms with Gasteiger partial charge in [0.05, 0.1) is 5.69 Å². The molecule has 1 heterocycles. The lowest BCUT2D eigenvalue weighted by atomic mass is 9.88. The largest absolute Gasteiger partial charge is 0.372 e. The highest BCUT2D eigenvalue weighted by molar-refractivity contribution is 9.10. The maximum atomic E-state index is 13.2. The van der Waals surface area contributed by atoms with E-state index in [4.69, 9.17) is 0 Å². The van der Waals surface area contributed by atoms with Gasteiger partial charge in [-0.25, -0.2) is 0 Å². The molecular formula is C22H17BrN2O3. The fourth-order valence-electron chi connectivity index (χ4n) is 3.46. The second-order valence-corrected chi connectivity index (χ2v) is 7.46. The molecule has 0 spiro atoms. The van der Waals surface area contributed by atoms with Crippen molar-refractivity contribution in [3.63, 3.8) is 0 Å². The molecule has 1 aliphatic heterocycles. The lowest BCUT2D eigenvalue weighted by Crippen LogP contribution is -2.44. The summed E-state index contributed by atoms with van der Waals surface area (Å²) in [5, 5.41) is 14.1. The van der Waals surface area contributed by atoms with Gasteiger partial charge < -0.3 is 10.4 Å². The fraction of sp³-hybridized carbons (Fsp3) is 0.0909. The normalized spacial score (nSPS) is 18.1. The summed E-state index contributed by atoms with van der Waals surface area (Å²) < 4.78 is 0.839.